The van der Waals surface area contributed by atoms with Gasteiger partial charge in [0.05, 0.1) is 6.42 Å². The molecule has 0 aromatic heterocycles. The van der Waals surface area contributed by atoms with Crippen LogP contribution in [0.1, 0.15) is 265 Å². The molecule has 0 heterocycles. The Hall–Kier alpha value is -4.19. The minimum atomic E-state index is -0.826. The van der Waals surface area contributed by atoms with Crippen LogP contribution in [0.3, 0.4) is 0 Å². The Bertz CT molecular complexity index is 1540. The second-order valence-corrected chi connectivity index (χ2v) is 19.5. The van der Waals surface area contributed by atoms with Crippen LogP contribution < -0.4 is 0 Å². The molecule has 0 rings (SSSR count). The van der Waals surface area contributed by atoms with Gasteiger partial charge in [-0.1, -0.05) is 258 Å². The van der Waals surface area contributed by atoms with Gasteiger partial charge in [0.15, 0.2) is 6.10 Å². The maximum atomic E-state index is 12.9. The van der Waals surface area contributed by atoms with E-state index in [1.165, 1.54) is 128 Å². The van der Waals surface area contributed by atoms with Crippen molar-refractivity contribution >= 4 is 17.9 Å². The van der Waals surface area contributed by atoms with Crippen LogP contribution >= 0.6 is 0 Å². The molecule has 0 aliphatic carbocycles. The minimum absolute atomic E-state index is 0.114. The van der Waals surface area contributed by atoms with Crippen molar-refractivity contribution in [2.24, 2.45) is 0 Å². The lowest BCUT2D eigenvalue weighted by Crippen LogP contribution is -2.30. The lowest BCUT2D eigenvalue weighted by atomic mass is 10.1. The molecule has 0 aromatic rings. The van der Waals surface area contributed by atoms with E-state index in [-0.39, 0.29) is 31.6 Å². The summed E-state index contributed by atoms with van der Waals surface area (Å²) in [5.74, 6) is -1.05. The Morgan fingerprint density at radius 2 is 0.589 bits per heavy atom. The van der Waals surface area contributed by atoms with Gasteiger partial charge in [0, 0.05) is 12.8 Å². The molecule has 6 heteroatoms. The van der Waals surface area contributed by atoms with Crippen molar-refractivity contribution in [3.63, 3.8) is 0 Å². The van der Waals surface area contributed by atoms with Crippen molar-refractivity contribution in [3.8, 4) is 0 Å². The zero-order valence-corrected chi connectivity index (χ0v) is 47.4. The van der Waals surface area contributed by atoms with Gasteiger partial charge < -0.3 is 14.2 Å². The van der Waals surface area contributed by atoms with Gasteiger partial charge >= 0.3 is 17.9 Å². The lowest BCUT2D eigenvalue weighted by molar-refractivity contribution is -0.166. The van der Waals surface area contributed by atoms with Gasteiger partial charge in [0.1, 0.15) is 13.2 Å². The van der Waals surface area contributed by atoms with E-state index < -0.39 is 12.1 Å². The molecule has 0 saturated carbocycles. The van der Waals surface area contributed by atoms with E-state index in [0.29, 0.717) is 12.8 Å². The summed E-state index contributed by atoms with van der Waals surface area (Å²) in [7, 11) is 0. The average molecular weight is 1010 g/mol. The normalized spacial score (nSPS) is 13.0. The van der Waals surface area contributed by atoms with Gasteiger partial charge in [-0.25, -0.2) is 0 Å². The van der Waals surface area contributed by atoms with Crippen LogP contribution in [0.25, 0.3) is 0 Å². The van der Waals surface area contributed by atoms with Crippen molar-refractivity contribution in [3.05, 3.63) is 122 Å². The molecule has 414 valence electrons. The molecule has 6 nitrogen and oxygen atoms in total. The molecule has 0 aromatic carbocycles. The fraction of sp³-hybridized carbons (Fsp3) is 0.657. The zero-order valence-electron chi connectivity index (χ0n) is 47.4. The summed E-state index contributed by atoms with van der Waals surface area (Å²) >= 11 is 0. The Morgan fingerprint density at radius 3 is 0.973 bits per heavy atom. The largest absolute Gasteiger partial charge is 0.462 e. The Balaban J connectivity index is 4.45. The Morgan fingerprint density at radius 1 is 0.301 bits per heavy atom. The van der Waals surface area contributed by atoms with Crippen LogP contribution in [-0.4, -0.2) is 37.2 Å². The third-order valence-corrected chi connectivity index (χ3v) is 12.5. The van der Waals surface area contributed by atoms with Crippen LogP contribution in [-0.2, 0) is 28.6 Å². The van der Waals surface area contributed by atoms with Gasteiger partial charge in [-0.15, -0.1) is 0 Å². The number of carbonyl (C=O) groups excluding carboxylic acids is 3. The maximum absolute atomic E-state index is 12.9. The maximum Gasteiger partial charge on any atom is 0.309 e. The first kappa shape index (κ1) is 68.8. The van der Waals surface area contributed by atoms with Crippen molar-refractivity contribution in [1.29, 1.82) is 0 Å². The first-order chi connectivity index (χ1) is 36.0. The number of unbranched alkanes of at least 4 members (excludes halogenated alkanes) is 23. The third-order valence-electron chi connectivity index (χ3n) is 12.5. The minimum Gasteiger partial charge on any atom is -0.462 e. The highest BCUT2D eigenvalue weighted by Crippen LogP contribution is 2.15. The smallest absolute Gasteiger partial charge is 0.309 e. The molecular formula is C67H110O6. The van der Waals surface area contributed by atoms with Crippen LogP contribution in [0, 0.1) is 0 Å². The number of carbonyl (C=O) groups is 3. The first-order valence-electron chi connectivity index (χ1n) is 30.0. The number of rotatable bonds is 53. The van der Waals surface area contributed by atoms with Gasteiger partial charge in [-0.3, -0.25) is 14.4 Å². The molecule has 0 spiro atoms. The third kappa shape index (κ3) is 58.6. The molecule has 0 aliphatic rings. The molecule has 1 atom stereocenters. The number of ether oxygens (including phenoxy) is 3. The summed E-state index contributed by atoms with van der Waals surface area (Å²) in [6.45, 7) is 6.32. The SMILES string of the molecule is CC/C=C\C/C=C\C/C=C\C/C=C\C/C=C\CC(=O)OCC(COC(=O)CCCCCCCCCCCC/C=C\C/C=C\C/C=C\C/C=C\CC)OC(=O)CCCCCCCCC/C=C\CCCCCCCC. The molecular weight excluding hydrogens is 901 g/mol. The summed E-state index contributed by atoms with van der Waals surface area (Å²) in [6.07, 6.45) is 83.6. The quantitative estimate of drug-likeness (QED) is 0.0261. The van der Waals surface area contributed by atoms with E-state index >= 15 is 0 Å². The highest BCUT2D eigenvalue weighted by Gasteiger charge is 2.19. The molecule has 0 fully saturated rings. The molecule has 0 radical (unpaired) electrons. The summed E-state index contributed by atoms with van der Waals surface area (Å²) in [4.78, 5) is 38.2. The molecule has 1 unspecified atom stereocenters. The van der Waals surface area contributed by atoms with Gasteiger partial charge in [0.25, 0.3) is 0 Å². The van der Waals surface area contributed by atoms with E-state index in [4.69, 9.17) is 14.2 Å². The van der Waals surface area contributed by atoms with Gasteiger partial charge in [0.2, 0.25) is 0 Å². The van der Waals surface area contributed by atoms with Crippen LogP contribution in [0.4, 0.5) is 0 Å². The van der Waals surface area contributed by atoms with E-state index in [1.54, 1.807) is 6.08 Å². The topological polar surface area (TPSA) is 78.9 Å². The second kappa shape index (κ2) is 60.4. The van der Waals surface area contributed by atoms with Crippen LogP contribution in [0.15, 0.2) is 122 Å². The molecule has 0 aliphatic heterocycles. The number of hydrogen-bond donors (Lipinski definition) is 0. The monoisotopic (exact) mass is 1010 g/mol. The highest BCUT2D eigenvalue weighted by atomic mass is 16.6. The molecule has 0 bridgehead atoms. The summed E-state index contributed by atoms with van der Waals surface area (Å²) in [6, 6.07) is 0. The highest BCUT2D eigenvalue weighted by molar-refractivity contribution is 5.72. The van der Waals surface area contributed by atoms with Gasteiger partial charge in [-0.2, -0.15) is 0 Å². The summed E-state index contributed by atoms with van der Waals surface area (Å²) in [5, 5.41) is 0. The zero-order chi connectivity index (χ0) is 52.9. The van der Waals surface area contributed by atoms with Crippen molar-refractivity contribution in [2.75, 3.05) is 13.2 Å². The molecule has 73 heavy (non-hydrogen) atoms. The summed E-state index contributed by atoms with van der Waals surface area (Å²) < 4.78 is 16.8. The van der Waals surface area contributed by atoms with E-state index in [1.807, 2.05) is 6.08 Å². The fourth-order valence-corrected chi connectivity index (χ4v) is 8.03. The Labute approximate surface area is 450 Å². The summed E-state index contributed by atoms with van der Waals surface area (Å²) in [5.41, 5.74) is 0. The first-order valence-corrected chi connectivity index (χ1v) is 30.0. The predicted molar refractivity (Wildman–Crippen MR) is 316 cm³/mol. The number of esters is 3. The fourth-order valence-electron chi connectivity index (χ4n) is 8.03. The van der Waals surface area contributed by atoms with Gasteiger partial charge in [-0.05, 0) is 109 Å². The number of hydrogen-bond acceptors (Lipinski definition) is 6. The number of allylic oxidation sites excluding steroid dienone is 19. The van der Waals surface area contributed by atoms with Crippen molar-refractivity contribution in [2.45, 2.75) is 271 Å². The second-order valence-electron chi connectivity index (χ2n) is 19.5. The molecule has 0 N–H and O–H groups in total. The lowest BCUT2D eigenvalue weighted by Gasteiger charge is -2.18. The molecule has 0 amide bonds. The standard InChI is InChI=1S/C67H110O6/c1-4-7-10-13-16-19-22-25-28-30-31-32-33-34-35-37-39-42-45-48-51-54-57-60-66(69)72-63-64(62-71-65(68)59-56-53-50-47-44-41-38-27-24-21-18-15-12-9-6-3)73-67(70)61-58-55-52-49-46-43-40-36-29-26-23-20-17-14-11-8-5-2/h7,9-10,12,16,18-19,21,25-29,31-32,38,44,47,53,56,64H,4-6,8,11,13-15,17,20,22-24,30,33-37,39-43,45-46,48-52,54-55,57-63H2,1-3H3/b10-7-,12-9-,19-16-,21-18-,28-25-,29-26-,32-31-,38-27-,47-44-,56-53-. The average Bonchev–Trinajstić information content (AvgIpc) is 3.39. The Kier molecular flexibility index (Phi) is 56.9. The van der Waals surface area contributed by atoms with Crippen molar-refractivity contribution in [1.82, 2.24) is 0 Å². The van der Waals surface area contributed by atoms with E-state index in [2.05, 4.69) is 130 Å². The van der Waals surface area contributed by atoms with Crippen LogP contribution in [0.5, 0.6) is 0 Å². The van der Waals surface area contributed by atoms with E-state index in [9.17, 15) is 14.4 Å². The van der Waals surface area contributed by atoms with Crippen molar-refractivity contribution < 1.29 is 28.6 Å². The predicted octanol–water partition coefficient (Wildman–Crippen LogP) is 20.4. The van der Waals surface area contributed by atoms with Crippen LogP contribution in [0.2, 0.25) is 0 Å². The molecule has 0 saturated heterocycles. The van der Waals surface area contributed by atoms with E-state index in [0.717, 1.165) is 96.3 Å².